The van der Waals surface area contributed by atoms with Crippen LogP contribution in [-0.2, 0) is 19.6 Å². The van der Waals surface area contributed by atoms with Crippen LogP contribution in [0.15, 0.2) is 28.7 Å². The zero-order valence-corrected chi connectivity index (χ0v) is 22.3. The van der Waals surface area contributed by atoms with E-state index in [2.05, 4.69) is 13.8 Å². The van der Waals surface area contributed by atoms with Crippen LogP contribution in [0.2, 0.25) is 10.0 Å². The molecule has 0 heterocycles. The molecule has 0 radical (unpaired) electrons. The van der Waals surface area contributed by atoms with E-state index in [0.29, 0.717) is 36.0 Å². The first-order valence-corrected chi connectivity index (χ1v) is 14.7. The standard InChI is InChI=1S/C26H31Cl2NO5S/c1-13-9-14-10-15(30)3-4-16(14)17-7-8-26(2)19(24(13)17)5-6-23(26)34-25(31)18-11-22(35(29,32)33)21(28)12-20(18)27/h10-13,16-17,19,23-24H,3-9H2,1-2H3,(H2,29,32,33)/t13?,16?,17?,19?,23-,24?,26-/m0/s1. The predicted octanol–water partition coefficient (Wildman–Crippen LogP) is 5.55. The van der Waals surface area contributed by atoms with Crippen molar-refractivity contribution in [2.75, 3.05) is 0 Å². The van der Waals surface area contributed by atoms with Crippen LogP contribution in [0.4, 0.5) is 0 Å². The largest absolute Gasteiger partial charge is 0.458 e. The molecular weight excluding hydrogens is 509 g/mol. The summed E-state index contributed by atoms with van der Waals surface area (Å²) in [5, 5.41) is 5.14. The molecule has 1 aromatic rings. The Kier molecular flexibility index (Phi) is 6.39. The number of ether oxygens (including phenoxy) is 1. The SMILES string of the molecule is CC1CC2=CC(=O)CCC2C2CC[C@@]3(C)C(CC[C@@H]3OC(=O)c3cc(S(N)(=O)=O)c(Cl)cc3Cl)C12. The molecule has 4 aliphatic carbocycles. The average Bonchev–Trinajstić information content (AvgIpc) is 3.08. The van der Waals surface area contributed by atoms with Crippen molar-refractivity contribution in [2.24, 2.45) is 40.1 Å². The highest BCUT2D eigenvalue weighted by Gasteiger charge is 2.59. The van der Waals surface area contributed by atoms with Gasteiger partial charge in [0.15, 0.2) is 5.78 Å². The van der Waals surface area contributed by atoms with Crippen LogP contribution in [0, 0.1) is 35.0 Å². The van der Waals surface area contributed by atoms with E-state index in [4.69, 9.17) is 33.1 Å². The molecule has 0 saturated heterocycles. The number of ketones is 1. The summed E-state index contributed by atoms with van der Waals surface area (Å²) in [6.45, 7) is 4.54. The number of hydrogen-bond donors (Lipinski definition) is 1. The quantitative estimate of drug-likeness (QED) is 0.506. The molecule has 0 bridgehead atoms. The highest BCUT2D eigenvalue weighted by atomic mass is 35.5. The molecule has 0 aromatic heterocycles. The van der Waals surface area contributed by atoms with Crippen molar-refractivity contribution in [1.82, 2.24) is 0 Å². The number of carbonyl (C=O) groups is 2. The molecular formula is C26H31Cl2NO5S. The van der Waals surface area contributed by atoms with Crippen molar-refractivity contribution >= 4 is 45.0 Å². The van der Waals surface area contributed by atoms with Gasteiger partial charge in [-0.05, 0) is 86.3 Å². The first-order valence-electron chi connectivity index (χ1n) is 12.4. The lowest BCUT2D eigenvalue weighted by molar-refractivity contribution is -0.116. The summed E-state index contributed by atoms with van der Waals surface area (Å²) in [6, 6.07) is 2.32. The van der Waals surface area contributed by atoms with Gasteiger partial charge in [0, 0.05) is 11.8 Å². The van der Waals surface area contributed by atoms with Crippen LogP contribution in [0.3, 0.4) is 0 Å². The van der Waals surface area contributed by atoms with Gasteiger partial charge in [0.1, 0.15) is 11.0 Å². The molecule has 5 rings (SSSR count). The van der Waals surface area contributed by atoms with Gasteiger partial charge in [-0.1, -0.05) is 42.6 Å². The minimum absolute atomic E-state index is 0.0304. The summed E-state index contributed by atoms with van der Waals surface area (Å²) in [4.78, 5) is 24.8. The zero-order chi connectivity index (χ0) is 25.3. The van der Waals surface area contributed by atoms with E-state index in [1.807, 2.05) is 6.08 Å². The molecule has 2 N–H and O–H groups in total. The Hall–Kier alpha value is -1.41. The van der Waals surface area contributed by atoms with E-state index in [9.17, 15) is 18.0 Å². The summed E-state index contributed by atoms with van der Waals surface area (Å²) in [6.07, 6.45) is 8.00. The van der Waals surface area contributed by atoms with Crippen molar-refractivity contribution in [3.63, 3.8) is 0 Å². The maximum absolute atomic E-state index is 13.2. The summed E-state index contributed by atoms with van der Waals surface area (Å²) < 4.78 is 29.8. The summed E-state index contributed by atoms with van der Waals surface area (Å²) in [5.41, 5.74) is 1.15. The fourth-order valence-electron chi connectivity index (χ4n) is 7.83. The Morgan fingerprint density at radius 3 is 2.60 bits per heavy atom. The van der Waals surface area contributed by atoms with Gasteiger partial charge in [0.05, 0.1) is 15.6 Å². The third kappa shape index (κ3) is 4.26. The molecule has 1 aromatic carbocycles. The molecule has 5 unspecified atom stereocenters. The lowest BCUT2D eigenvalue weighted by Crippen LogP contribution is -2.50. The van der Waals surface area contributed by atoms with Crippen molar-refractivity contribution in [2.45, 2.75) is 69.8 Å². The highest BCUT2D eigenvalue weighted by Crippen LogP contribution is 2.63. The molecule has 4 aliphatic rings. The number of carbonyl (C=O) groups excluding carboxylic acids is 2. The van der Waals surface area contributed by atoms with Gasteiger partial charge in [-0.2, -0.15) is 0 Å². The maximum Gasteiger partial charge on any atom is 0.339 e. The van der Waals surface area contributed by atoms with Gasteiger partial charge < -0.3 is 4.74 Å². The van der Waals surface area contributed by atoms with Crippen molar-refractivity contribution in [3.8, 4) is 0 Å². The normalized spacial score (nSPS) is 36.6. The van der Waals surface area contributed by atoms with Gasteiger partial charge in [0.2, 0.25) is 10.0 Å². The average molecular weight is 541 g/mol. The third-order valence-electron chi connectivity index (χ3n) is 9.35. The molecule has 0 spiro atoms. The fourth-order valence-corrected chi connectivity index (χ4v) is 9.23. The van der Waals surface area contributed by atoms with Gasteiger partial charge in [-0.25, -0.2) is 18.4 Å². The van der Waals surface area contributed by atoms with E-state index < -0.39 is 16.0 Å². The lowest BCUT2D eigenvalue weighted by Gasteiger charge is -2.55. The zero-order valence-electron chi connectivity index (χ0n) is 19.9. The fraction of sp³-hybridized carbons (Fsp3) is 0.615. The van der Waals surface area contributed by atoms with Crippen LogP contribution in [-0.4, -0.2) is 26.3 Å². The van der Waals surface area contributed by atoms with Crippen LogP contribution in [0.5, 0.6) is 0 Å². The minimum Gasteiger partial charge on any atom is -0.458 e. The molecule has 3 saturated carbocycles. The molecule has 3 fully saturated rings. The molecule has 7 atom stereocenters. The smallest absolute Gasteiger partial charge is 0.339 e. The number of sulfonamides is 1. The molecule has 6 nitrogen and oxygen atoms in total. The van der Waals surface area contributed by atoms with Crippen LogP contribution in [0.1, 0.15) is 69.2 Å². The topological polar surface area (TPSA) is 104 Å². The summed E-state index contributed by atoms with van der Waals surface area (Å²) in [7, 11) is -4.12. The van der Waals surface area contributed by atoms with Gasteiger partial charge in [-0.15, -0.1) is 0 Å². The number of halogens is 2. The Labute approximate surface area is 216 Å². The number of hydrogen-bond acceptors (Lipinski definition) is 5. The number of fused-ring (bicyclic) bond motifs is 5. The number of benzene rings is 1. The molecule has 190 valence electrons. The number of esters is 1. The Balaban J connectivity index is 1.38. The van der Waals surface area contributed by atoms with E-state index in [1.165, 1.54) is 11.6 Å². The monoisotopic (exact) mass is 539 g/mol. The Bertz CT molecular complexity index is 1230. The third-order valence-corrected chi connectivity index (χ3v) is 11.0. The van der Waals surface area contributed by atoms with E-state index in [0.717, 1.165) is 44.6 Å². The van der Waals surface area contributed by atoms with E-state index in [1.54, 1.807) is 0 Å². The van der Waals surface area contributed by atoms with Gasteiger partial charge in [0.25, 0.3) is 0 Å². The van der Waals surface area contributed by atoms with E-state index >= 15 is 0 Å². The van der Waals surface area contributed by atoms with E-state index in [-0.39, 0.29) is 37.8 Å². The van der Waals surface area contributed by atoms with Gasteiger partial charge >= 0.3 is 5.97 Å². The second kappa shape index (κ2) is 8.86. The number of rotatable bonds is 3. The first-order chi connectivity index (χ1) is 16.4. The Morgan fingerprint density at radius 2 is 1.89 bits per heavy atom. The van der Waals surface area contributed by atoms with Crippen molar-refractivity contribution < 1.29 is 22.7 Å². The molecule has 9 heteroatoms. The van der Waals surface area contributed by atoms with Crippen molar-refractivity contribution in [3.05, 3.63) is 39.4 Å². The van der Waals surface area contributed by atoms with Crippen LogP contribution < -0.4 is 5.14 Å². The van der Waals surface area contributed by atoms with Crippen LogP contribution >= 0.6 is 23.2 Å². The number of allylic oxidation sites excluding steroid dienone is 1. The maximum atomic E-state index is 13.2. The molecule has 35 heavy (non-hydrogen) atoms. The summed E-state index contributed by atoms with van der Waals surface area (Å²) >= 11 is 12.2. The Morgan fingerprint density at radius 1 is 1.14 bits per heavy atom. The number of primary sulfonamides is 1. The highest BCUT2D eigenvalue weighted by molar-refractivity contribution is 7.89. The van der Waals surface area contributed by atoms with Crippen LogP contribution in [0.25, 0.3) is 0 Å². The number of nitrogens with two attached hydrogens (primary N) is 1. The van der Waals surface area contributed by atoms with Gasteiger partial charge in [-0.3, -0.25) is 4.79 Å². The second-order valence-corrected chi connectivity index (χ2v) is 13.5. The minimum atomic E-state index is -4.12. The predicted molar refractivity (Wildman–Crippen MR) is 134 cm³/mol. The molecule has 0 aliphatic heterocycles. The lowest BCUT2D eigenvalue weighted by atomic mass is 9.49. The second-order valence-electron chi connectivity index (χ2n) is 11.2. The van der Waals surface area contributed by atoms with Crippen molar-refractivity contribution in [1.29, 1.82) is 0 Å². The first kappa shape index (κ1) is 25.2. The molecule has 0 amide bonds. The summed E-state index contributed by atoms with van der Waals surface area (Å²) in [5.74, 6) is 2.16.